The van der Waals surface area contributed by atoms with Crippen molar-refractivity contribution in [3.63, 3.8) is 0 Å². The molecule has 0 fully saturated rings. The van der Waals surface area contributed by atoms with Gasteiger partial charge in [-0.05, 0) is 25.1 Å². The van der Waals surface area contributed by atoms with Crippen molar-refractivity contribution in [1.29, 1.82) is 5.26 Å². The third-order valence-electron chi connectivity index (χ3n) is 2.63. The molecule has 116 valence electrons. The first-order valence-electron chi connectivity index (χ1n) is 5.87. The molecule has 0 atom stereocenters. The van der Waals surface area contributed by atoms with Crippen LogP contribution in [0.2, 0.25) is 5.02 Å². The molecular formula is C13H8ClF4N3O. The van der Waals surface area contributed by atoms with E-state index in [1.165, 1.54) is 19.1 Å². The Morgan fingerprint density at radius 1 is 1.41 bits per heavy atom. The van der Waals surface area contributed by atoms with Crippen LogP contribution in [0.4, 0.5) is 17.6 Å². The number of aryl methyl sites for hydroxylation is 1. The van der Waals surface area contributed by atoms with Crippen molar-refractivity contribution < 1.29 is 22.3 Å². The van der Waals surface area contributed by atoms with Crippen LogP contribution in [0.5, 0.6) is 5.75 Å². The minimum absolute atomic E-state index is 0.0372. The maximum atomic E-state index is 13.9. The maximum Gasteiger partial charge on any atom is 0.422 e. The van der Waals surface area contributed by atoms with Crippen molar-refractivity contribution in [3.05, 3.63) is 40.4 Å². The third kappa shape index (κ3) is 3.31. The summed E-state index contributed by atoms with van der Waals surface area (Å²) in [5.74, 6) is -1.11. The molecule has 9 heteroatoms. The van der Waals surface area contributed by atoms with Crippen LogP contribution < -0.4 is 4.74 Å². The summed E-state index contributed by atoms with van der Waals surface area (Å²) in [6.07, 6.45) is -4.56. The lowest BCUT2D eigenvalue weighted by atomic mass is 10.3. The van der Waals surface area contributed by atoms with Crippen LogP contribution in [0.15, 0.2) is 18.2 Å². The van der Waals surface area contributed by atoms with E-state index in [2.05, 4.69) is 9.84 Å². The van der Waals surface area contributed by atoms with E-state index < -0.39 is 18.6 Å². The first-order valence-corrected chi connectivity index (χ1v) is 6.25. The maximum absolute atomic E-state index is 13.9. The van der Waals surface area contributed by atoms with Gasteiger partial charge >= 0.3 is 6.18 Å². The Morgan fingerprint density at radius 2 is 2.09 bits per heavy atom. The summed E-state index contributed by atoms with van der Waals surface area (Å²) in [7, 11) is 0. The van der Waals surface area contributed by atoms with Crippen LogP contribution in [0, 0.1) is 24.1 Å². The molecule has 0 saturated heterocycles. The lowest BCUT2D eigenvalue weighted by molar-refractivity contribution is -0.153. The molecular weight excluding hydrogens is 326 g/mol. The predicted molar refractivity (Wildman–Crippen MR) is 69.5 cm³/mol. The zero-order chi connectivity index (χ0) is 16.5. The van der Waals surface area contributed by atoms with Crippen LogP contribution in [-0.2, 0) is 0 Å². The van der Waals surface area contributed by atoms with Crippen LogP contribution in [0.25, 0.3) is 5.69 Å². The molecule has 0 aliphatic rings. The van der Waals surface area contributed by atoms with Crippen LogP contribution in [0.3, 0.4) is 0 Å². The lowest BCUT2D eigenvalue weighted by Gasteiger charge is -2.09. The van der Waals surface area contributed by atoms with Gasteiger partial charge in [0.2, 0.25) is 0 Å². The van der Waals surface area contributed by atoms with Crippen LogP contribution in [-0.4, -0.2) is 22.6 Å². The SMILES string of the molecule is Cc1nn(-c2ccc(Cl)cc2F)c(C#N)c1OCC(F)(F)F. The van der Waals surface area contributed by atoms with E-state index in [0.29, 0.717) is 0 Å². The largest absolute Gasteiger partial charge is 0.479 e. The minimum atomic E-state index is -4.56. The number of hydrogen-bond acceptors (Lipinski definition) is 3. The number of rotatable bonds is 3. The number of alkyl halides is 3. The number of benzene rings is 1. The molecule has 0 saturated carbocycles. The first-order chi connectivity index (χ1) is 10.2. The number of nitriles is 1. The number of aromatic nitrogens is 2. The van der Waals surface area contributed by atoms with Gasteiger partial charge < -0.3 is 4.74 Å². The van der Waals surface area contributed by atoms with E-state index in [-0.39, 0.29) is 27.8 Å². The first kappa shape index (κ1) is 16.1. The molecule has 1 aromatic heterocycles. The zero-order valence-electron chi connectivity index (χ0n) is 11.1. The Hall–Kier alpha value is -2.27. The molecule has 22 heavy (non-hydrogen) atoms. The van der Waals surface area contributed by atoms with Gasteiger partial charge in [-0.1, -0.05) is 11.6 Å². The monoisotopic (exact) mass is 333 g/mol. The van der Waals surface area contributed by atoms with Crippen LogP contribution >= 0.6 is 11.6 Å². The number of hydrogen-bond donors (Lipinski definition) is 0. The normalized spacial score (nSPS) is 11.3. The van der Waals surface area contributed by atoms with Crippen molar-refractivity contribution >= 4 is 11.6 Å². The van der Waals surface area contributed by atoms with E-state index in [9.17, 15) is 17.6 Å². The molecule has 0 spiro atoms. The summed E-state index contributed by atoms with van der Waals surface area (Å²) in [6.45, 7) is -0.214. The van der Waals surface area contributed by atoms with Gasteiger partial charge in [0.1, 0.15) is 23.3 Å². The zero-order valence-corrected chi connectivity index (χ0v) is 11.8. The fraction of sp³-hybridized carbons (Fsp3) is 0.231. The summed E-state index contributed by atoms with van der Waals surface area (Å²) in [5, 5.41) is 13.1. The Balaban J connectivity index is 2.48. The second-order valence-corrected chi connectivity index (χ2v) is 4.72. The van der Waals surface area contributed by atoms with Crippen molar-refractivity contribution in [1.82, 2.24) is 9.78 Å². The number of halogens is 5. The summed E-state index contributed by atoms with van der Waals surface area (Å²) in [5.41, 5.74) is -0.413. The molecule has 0 radical (unpaired) electrons. The smallest absolute Gasteiger partial charge is 0.422 e. The Kier molecular flexibility index (Phi) is 4.28. The van der Waals surface area contributed by atoms with Gasteiger partial charge in [0.25, 0.3) is 0 Å². The van der Waals surface area contributed by atoms with Gasteiger partial charge in [0.15, 0.2) is 18.1 Å². The standard InChI is InChI=1S/C13H8ClF4N3O/c1-7-12(22-6-13(16,17)18)11(5-19)21(20-7)10-3-2-8(14)4-9(10)15/h2-4H,6H2,1H3. The molecule has 2 aromatic rings. The summed E-state index contributed by atoms with van der Waals surface area (Å²) < 4.78 is 56.1. The molecule has 0 unspecified atom stereocenters. The van der Waals surface area contributed by atoms with Gasteiger partial charge in [-0.15, -0.1) is 0 Å². The topological polar surface area (TPSA) is 50.8 Å². The van der Waals surface area contributed by atoms with Crippen molar-refractivity contribution in [2.45, 2.75) is 13.1 Å². The molecule has 0 aliphatic heterocycles. The van der Waals surface area contributed by atoms with E-state index in [0.717, 1.165) is 10.7 Å². The van der Waals surface area contributed by atoms with Gasteiger partial charge in [-0.3, -0.25) is 0 Å². The Bertz CT molecular complexity index is 749. The van der Waals surface area contributed by atoms with Crippen molar-refractivity contribution in [2.75, 3.05) is 6.61 Å². The minimum Gasteiger partial charge on any atom is -0.479 e. The molecule has 0 amide bonds. The van der Waals surface area contributed by atoms with E-state index in [4.69, 9.17) is 16.9 Å². The summed E-state index contributed by atoms with van der Waals surface area (Å²) in [4.78, 5) is 0. The van der Waals surface area contributed by atoms with Gasteiger partial charge in [-0.25, -0.2) is 9.07 Å². The highest BCUT2D eigenvalue weighted by Crippen LogP contribution is 2.29. The van der Waals surface area contributed by atoms with E-state index >= 15 is 0 Å². The molecule has 2 rings (SSSR count). The second kappa shape index (κ2) is 5.85. The highest BCUT2D eigenvalue weighted by molar-refractivity contribution is 6.30. The van der Waals surface area contributed by atoms with Gasteiger partial charge in [0.05, 0.1) is 0 Å². The molecule has 0 aliphatic carbocycles. The molecule has 4 nitrogen and oxygen atoms in total. The fourth-order valence-corrected chi connectivity index (χ4v) is 1.92. The Labute approximate surface area is 127 Å². The second-order valence-electron chi connectivity index (χ2n) is 4.29. The van der Waals surface area contributed by atoms with E-state index in [1.807, 2.05) is 0 Å². The van der Waals surface area contributed by atoms with Crippen LogP contribution in [0.1, 0.15) is 11.4 Å². The summed E-state index contributed by atoms with van der Waals surface area (Å²) >= 11 is 5.63. The van der Waals surface area contributed by atoms with Gasteiger partial charge in [-0.2, -0.15) is 23.5 Å². The lowest BCUT2D eigenvalue weighted by Crippen LogP contribution is -2.19. The predicted octanol–water partition coefficient (Wildman–Crippen LogP) is 3.79. The number of nitrogens with zero attached hydrogens (tertiary/aromatic N) is 3. The molecule has 0 N–H and O–H groups in total. The van der Waals surface area contributed by atoms with Crippen molar-refractivity contribution in [2.24, 2.45) is 0 Å². The molecule has 1 heterocycles. The average molecular weight is 334 g/mol. The van der Waals surface area contributed by atoms with E-state index in [1.54, 1.807) is 6.07 Å². The van der Waals surface area contributed by atoms with Gasteiger partial charge in [0, 0.05) is 5.02 Å². The third-order valence-corrected chi connectivity index (χ3v) is 2.86. The Morgan fingerprint density at radius 3 is 2.64 bits per heavy atom. The quantitative estimate of drug-likeness (QED) is 0.803. The summed E-state index contributed by atoms with van der Waals surface area (Å²) in [6, 6.07) is 5.31. The molecule has 1 aromatic carbocycles. The highest BCUT2D eigenvalue weighted by Gasteiger charge is 2.30. The number of ether oxygens (including phenoxy) is 1. The fourth-order valence-electron chi connectivity index (χ4n) is 1.77. The molecule has 0 bridgehead atoms. The highest BCUT2D eigenvalue weighted by atomic mass is 35.5. The van der Waals surface area contributed by atoms with Crippen molar-refractivity contribution in [3.8, 4) is 17.5 Å². The average Bonchev–Trinajstić information content (AvgIpc) is 2.71.